The number of rotatable bonds is 4. The van der Waals surface area contributed by atoms with Crippen LogP contribution in [-0.2, 0) is 4.79 Å². The van der Waals surface area contributed by atoms with Gasteiger partial charge in [0.2, 0.25) is 0 Å². The maximum atomic E-state index is 12.7. The Morgan fingerprint density at radius 3 is 2.58 bits per heavy atom. The first-order valence-corrected chi connectivity index (χ1v) is 8.05. The minimum atomic E-state index is 0.0503. The number of anilines is 2. The van der Waals surface area contributed by atoms with Crippen LogP contribution in [0.3, 0.4) is 0 Å². The van der Waals surface area contributed by atoms with Crippen molar-refractivity contribution in [1.29, 1.82) is 0 Å². The van der Waals surface area contributed by atoms with Crippen molar-refractivity contribution in [3.05, 3.63) is 53.6 Å². The van der Waals surface area contributed by atoms with Crippen LogP contribution in [0.25, 0.3) is 11.6 Å². The predicted molar refractivity (Wildman–Crippen MR) is 99.7 cm³/mol. The lowest BCUT2D eigenvalue weighted by Crippen LogP contribution is -2.25. The maximum absolute atomic E-state index is 12.7. The maximum Gasteiger partial charge on any atom is 0.258 e. The monoisotopic (exact) mass is 322 g/mol. The molecule has 0 saturated heterocycles. The molecule has 4 heteroatoms. The highest BCUT2D eigenvalue weighted by atomic mass is 16.5. The number of para-hydroxylation sites is 1. The van der Waals surface area contributed by atoms with Crippen molar-refractivity contribution in [3.8, 4) is 5.75 Å². The van der Waals surface area contributed by atoms with Gasteiger partial charge in [0, 0.05) is 31.8 Å². The fraction of sp³-hybridized carbons (Fsp3) is 0.250. The molecule has 3 rings (SSSR count). The van der Waals surface area contributed by atoms with Crippen molar-refractivity contribution in [1.82, 2.24) is 0 Å². The summed E-state index contributed by atoms with van der Waals surface area (Å²) in [4.78, 5) is 16.6. The number of carbonyl (C=O) groups excluding carboxylic acids is 1. The van der Waals surface area contributed by atoms with E-state index in [4.69, 9.17) is 4.74 Å². The first kappa shape index (κ1) is 16.1. The van der Waals surface area contributed by atoms with Crippen LogP contribution in [0.2, 0.25) is 0 Å². The Balaban J connectivity index is 2.07. The molecule has 4 nitrogen and oxygen atoms in total. The number of carbonyl (C=O) groups is 1. The van der Waals surface area contributed by atoms with Crippen molar-refractivity contribution < 1.29 is 9.53 Å². The molecule has 0 aromatic heterocycles. The topological polar surface area (TPSA) is 32.8 Å². The third-order valence-corrected chi connectivity index (χ3v) is 4.27. The zero-order valence-corrected chi connectivity index (χ0v) is 14.5. The van der Waals surface area contributed by atoms with Gasteiger partial charge >= 0.3 is 0 Å². The second-order valence-electron chi connectivity index (χ2n) is 5.95. The summed E-state index contributed by atoms with van der Waals surface area (Å²) < 4.78 is 5.48. The van der Waals surface area contributed by atoms with Gasteiger partial charge in [0.1, 0.15) is 5.75 Å². The van der Waals surface area contributed by atoms with Crippen LogP contribution >= 0.6 is 0 Å². The molecule has 0 radical (unpaired) electrons. The van der Waals surface area contributed by atoms with E-state index in [-0.39, 0.29) is 5.91 Å². The Kier molecular flexibility index (Phi) is 4.30. The average molecular weight is 322 g/mol. The molecule has 0 bridgehead atoms. The van der Waals surface area contributed by atoms with Crippen LogP contribution in [0, 0.1) is 0 Å². The third kappa shape index (κ3) is 2.64. The third-order valence-electron chi connectivity index (χ3n) is 4.27. The summed E-state index contributed by atoms with van der Waals surface area (Å²) in [5.41, 5.74) is 4.65. The van der Waals surface area contributed by atoms with E-state index in [1.54, 1.807) is 7.11 Å². The van der Waals surface area contributed by atoms with Crippen LogP contribution in [0.1, 0.15) is 18.1 Å². The van der Waals surface area contributed by atoms with Gasteiger partial charge in [0.15, 0.2) is 0 Å². The largest absolute Gasteiger partial charge is 0.495 e. The van der Waals surface area contributed by atoms with E-state index in [9.17, 15) is 4.79 Å². The highest BCUT2D eigenvalue weighted by molar-refractivity contribution is 6.35. The molecular weight excluding hydrogens is 300 g/mol. The zero-order chi connectivity index (χ0) is 17.3. The summed E-state index contributed by atoms with van der Waals surface area (Å²) in [6.07, 6.45) is 1.94. The number of hydrogen-bond acceptors (Lipinski definition) is 3. The summed E-state index contributed by atoms with van der Waals surface area (Å²) in [6.45, 7) is 2.66. The minimum absolute atomic E-state index is 0.0503. The van der Waals surface area contributed by atoms with Crippen molar-refractivity contribution in [2.24, 2.45) is 0 Å². The van der Waals surface area contributed by atoms with Crippen molar-refractivity contribution in [2.45, 2.75) is 6.92 Å². The van der Waals surface area contributed by atoms with Crippen molar-refractivity contribution >= 4 is 28.9 Å². The smallest absolute Gasteiger partial charge is 0.258 e. The van der Waals surface area contributed by atoms with E-state index in [2.05, 4.69) is 0 Å². The number of ether oxygens (including phenoxy) is 1. The Morgan fingerprint density at radius 1 is 1.17 bits per heavy atom. The minimum Gasteiger partial charge on any atom is -0.495 e. The fourth-order valence-corrected chi connectivity index (χ4v) is 3.08. The Morgan fingerprint density at radius 2 is 1.92 bits per heavy atom. The summed E-state index contributed by atoms with van der Waals surface area (Å²) >= 11 is 0. The van der Waals surface area contributed by atoms with Gasteiger partial charge in [-0.1, -0.05) is 24.3 Å². The quantitative estimate of drug-likeness (QED) is 0.805. The summed E-state index contributed by atoms with van der Waals surface area (Å²) in [7, 11) is 5.62. The van der Waals surface area contributed by atoms with Crippen LogP contribution in [0.5, 0.6) is 5.75 Å². The first-order valence-electron chi connectivity index (χ1n) is 8.05. The zero-order valence-electron chi connectivity index (χ0n) is 14.5. The van der Waals surface area contributed by atoms with E-state index >= 15 is 0 Å². The molecule has 0 N–H and O–H groups in total. The molecule has 1 aliphatic rings. The van der Waals surface area contributed by atoms with Crippen LogP contribution < -0.4 is 14.5 Å². The number of hydrogen-bond donors (Lipinski definition) is 0. The van der Waals surface area contributed by atoms with Gasteiger partial charge in [-0.2, -0.15) is 0 Å². The lowest BCUT2D eigenvalue weighted by molar-refractivity contribution is -0.112. The van der Waals surface area contributed by atoms with E-state index in [1.165, 1.54) is 0 Å². The molecule has 0 aliphatic carbocycles. The molecule has 0 fully saturated rings. The van der Waals surface area contributed by atoms with Gasteiger partial charge in [-0.3, -0.25) is 4.79 Å². The van der Waals surface area contributed by atoms with Crippen LogP contribution in [-0.4, -0.2) is 33.7 Å². The number of fused-ring (bicyclic) bond motifs is 1. The molecule has 124 valence electrons. The molecule has 0 atom stereocenters. The molecule has 0 spiro atoms. The molecule has 0 saturated carbocycles. The van der Waals surface area contributed by atoms with Gasteiger partial charge < -0.3 is 14.5 Å². The predicted octanol–water partition coefficient (Wildman–Crippen LogP) is 3.67. The van der Waals surface area contributed by atoms with E-state index in [0.29, 0.717) is 6.54 Å². The summed E-state index contributed by atoms with van der Waals surface area (Å²) in [6, 6.07) is 13.9. The Bertz CT molecular complexity index is 809. The summed E-state index contributed by atoms with van der Waals surface area (Å²) in [5, 5.41) is 0. The number of nitrogens with zero attached hydrogens (tertiary/aromatic N) is 2. The molecule has 2 aromatic carbocycles. The molecule has 2 aromatic rings. The van der Waals surface area contributed by atoms with Crippen LogP contribution in [0.4, 0.5) is 11.4 Å². The van der Waals surface area contributed by atoms with Gasteiger partial charge in [-0.05, 0) is 36.8 Å². The number of likely N-dealkylation sites (N-methyl/N-ethyl adjacent to an activating group) is 1. The van der Waals surface area contributed by atoms with Gasteiger partial charge in [-0.25, -0.2) is 0 Å². The van der Waals surface area contributed by atoms with Crippen molar-refractivity contribution in [2.75, 3.05) is 37.5 Å². The second-order valence-corrected chi connectivity index (χ2v) is 5.95. The standard InChI is InChI=1S/C20H22N2O2/c1-5-22-17-9-7-6-8-15(17)16(20(22)23)12-14-10-11-18(21(2)3)19(13-14)24-4/h6-13H,5H2,1-4H3/b16-12-. The number of methoxy groups -OCH3 is 1. The number of benzene rings is 2. The van der Waals surface area contributed by atoms with E-state index < -0.39 is 0 Å². The normalized spacial score (nSPS) is 14.9. The lowest BCUT2D eigenvalue weighted by atomic mass is 10.0. The fourth-order valence-electron chi connectivity index (χ4n) is 3.08. The SMILES string of the molecule is CCN1C(=O)/C(=C\c2ccc(N(C)C)c(OC)c2)c2ccccc21. The van der Waals surface area contributed by atoms with E-state index in [0.717, 1.165) is 33.8 Å². The first-order chi connectivity index (χ1) is 11.6. The second kappa shape index (κ2) is 6.40. The molecule has 0 unspecified atom stereocenters. The lowest BCUT2D eigenvalue weighted by Gasteiger charge is -2.17. The van der Waals surface area contributed by atoms with Gasteiger partial charge in [-0.15, -0.1) is 0 Å². The van der Waals surface area contributed by atoms with Crippen molar-refractivity contribution in [3.63, 3.8) is 0 Å². The Labute approximate surface area is 143 Å². The van der Waals surface area contributed by atoms with Gasteiger partial charge in [0.25, 0.3) is 5.91 Å². The molecule has 1 heterocycles. The molecule has 1 amide bonds. The number of amides is 1. The molecule has 24 heavy (non-hydrogen) atoms. The molecular formula is C20H22N2O2. The molecule has 1 aliphatic heterocycles. The highest BCUT2D eigenvalue weighted by Crippen LogP contribution is 2.38. The Hall–Kier alpha value is -2.75. The average Bonchev–Trinajstić information content (AvgIpc) is 2.86. The van der Waals surface area contributed by atoms with Crippen LogP contribution in [0.15, 0.2) is 42.5 Å². The summed E-state index contributed by atoms with van der Waals surface area (Å²) in [5.74, 6) is 0.842. The highest BCUT2D eigenvalue weighted by Gasteiger charge is 2.30. The van der Waals surface area contributed by atoms with E-state index in [1.807, 2.05) is 79.4 Å². The van der Waals surface area contributed by atoms with Gasteiger partial charge in [0.05, 0.1) is 18.5 Å².